The van der Waals surface area contributed by atoms with Crippen molar-refractivity contribution in [2.75, 3.05) is 19.6 Å². The molecule has 1 heterocycles. The number of guanidine groups is 1. The molecule has 0 aliphatic carbocycles. The number of carbonyl (C=O) groups excluding carboxylic acids is 1. The molecule has 5 N–H and O–H groups in total. The molecule has 7 heteroatoms. The molecule has 0 spiro atoms. The second kappa shape index (κ2) is 11.6. The highest BCUT2D eigenvalue weighted by atomic mass is 16.1. The summed E-state index contributed by atoms with van der Waals surface area (Å²) in [7, 11) is 0. The van der Waals surface area contributed by atoms with Crippen molar-refractivity contribution < 1.29 is 4.79 Å². The van der Waals surface area contributed by atoms with Gasteiger partial charge in [-0.2, -0.15) is 5.10 Å². The molecule has 1 amide bonds. The SMILES string of the molecule is CCCCCCCCN=C(N)NCCNC(=O)c1ccn[nH]1. The maximum atomic E-state index is 11.6. The van der Waals surface area contributed by atoms with Gasteiger partial charge < -0.3 is 16.4 Å². The lowest BCUT2D eigenvalue weighted by atomic mass is 10.1. The van der Waals surface area contributed by atoms with E-state index in [2.05, 4.69) is 32.7 Å². The third-order valence-corrected chi connectivity index (χ3v) is 3.26. The van der Waals surface area contributed by atoms with Crippen molar-refractivity contribution in [2.45, 2.75) is 45.4 Å². The molecule has 0 aromatic carbocycles. The average Bonchev–Trinajstić information content (AvgIpc) is 3.05. The van der Waals surface area contributed by atoms with Gasteiger partial charge in [-0.3, -0.25) is 14.9 Å². The van der Waals surface area contributed by atoms with Gasteiger partial charge in [0.25, 0.3) is 5.91 Å². The Bertz CT molecular complexity index is 429. The number of rotatable bonds is 11. The van der Waals surface area contributed by atoms with Crippen LogP contribution in [0.25, 0.3) is 0 Å². The zero-order chi connectivity index (χ0) is 16.0. The third kappa shape index (κ3) is 8.28. The van der Waals surface area contributed by atoms with E-state index >= 15 is 0 Å². The second-order valence-corrected chi connectivity index (χ2v) is 5.19. The first-order chi connectivity index (χ1) is 10.7. The third-order valence-electron chi connectivity index (χ3n) is 3.26. The largest absolute Gasteiger partial charge is 0.370 e. The molecule has 7 nitrogen and oxygen atoms in total. The van der Waals surface area contributed by atoms with E-state index in [4.69, 9.17) is 5.73 Å². The van der Waals surface area contributed by atoms with Gasteiger partial charge in [-0.1, -0.05) is 39.0 Å². The average molecular weight is 308 g/mol. The summed E-state index contributed by atoms with van der Waals surface area (Å²) in [6.07, 6.45) is 8.99. The number of hydrogen-bond acceptors (Lipinski definition) is 3. The van der Waals surface area contributed by atoms with E-state index in [0.29, 0.717) is 24.7 Å². The molecular formula is C15H28N6O. The fourth-order valence-electron chi connectivity index (χ4n) is 1.99. The smallest absolute Gasteiger partial charge is 0.269 e. The first-order valence-electron chi connectivity index (χ1n) is 8.05. The number of aromatic amines is 1. The summed E-state index contributed by atoms with van der Waals surface area (Å²) in [6, 6.07) is 1.62. The maximum absolute atomic E-state index is 11.6. The number of carbonyl (C=O) groups is 1. The number of aliphatic imine (C=N–C) groups is 1. The van der Waals surface area contributed by atoms with Gasteiger partial charge in [-0.25, -0.2) is 0 Å². The van der Waals surface area contributed by atoms with Crippen molar-refractivity contribution in [3.05, 3.63) is 18.0 Å². The molecule has 0 aliphatic rings. The van der Waals surface area contributed by atoms with E-state index in [1.54, 1.807) is 12.3 Å². The molecule has 0 saturated heterocycles. The van der Waals surface area contributed by atoms with Crippen LogP contribution in [0.4, 0.5) is 0 Å². The first kappa shape index (κ1) is 18.0. The molecule has 124 valence electrons. The molecule has 0 bridgehead atoms. The normalized spacial score (nSPS) is 11.4. The van der Waals surface area contributed by atoms with Crippen LogP contribution in [-0.2, 0) is 0 Å². The van der Waals surface area contributed by atoms with Gasteiger partial charge in [-0.15, -0.1) is 0 Å². The number of aromatic nitrogens is 2. The molecule has 0 radical (unpaired) electrons. The van der Waals surface area contributed by atoms with Crippen molar-refractivity contribution in [2.24, 2.45) is 10.7 Å². The van der Waals surface area contributed by atoms with Crippen LogP contribution < -0.4 is 16.4 Å². The van der Waals surface area contributed by atoms with E-state index in [9.17, 15) is 4.79 Å². The van der Waals surface area contributed by atoms with Gasteiger partial charge in [0.1, 0.15) is 5.69 Å². The number of H-pyrrole nitrogens is 1. The number of hydrogen-bond donors (Lipinski definition) is 4. The van der Waals surface area contributed by atoms with Crippen molar-refractivity contribution in [1.82, 2.24) is 20.8 Å². The highest BCUT2D eigenvalue weighted by Gasteiger charge is 2.04. The monoisotopic (exact) mass is 308 g/mol. The summed E-state index contributed by atoms with van der Waals surface area (Å²) in [5, 5.41) is 12.1. The van der Waals surface area contributed by atoms with Crippen molar-refractivity contribution >= 4 is 11.9 Å². The van der Waals surface area contributed by atoms with Gasteiger partial charge in [0.05, 0.1) is 0 Å². The van der Waals surface area contributed by atoms with E-state index in [1.165, 1.54) is 32.1 Å². The van der Waals surface area contributed by atoms with Crippen LogP contribution in [0.1, 0.15) is 55.9 Å². The summed E-state index contributed by atoms with van der Waals surface area (Å²) in [5.74, 6) is 0.256. The molecule has 1 rings (SSSR count). The van der Waals surface area contributed by atoms with Gasteiger partial charge >= 0.3 is 0 Å². The minimum absolute atomic E-state index is 0.179. The molecule has 22 heavy (non-hydrogen) atoms. The molecule has 0 unspecified atom stereocenters. The number of amides is 1. The fraction of sp³-hybridized carbons (Fsp3) is 0.667. The van der Waals surface area contributed by atoms with E-state index < -0.39 is 0 Å². The first-order valence-corrected chi connectivity index (χ1v) is 8.05. The summed E-state index contributed by atoms with van der Waals surface area (Å²) >= 11 is 0. The van der Waals surface area contributed by atoms with Gasteiger partial charge in [0.2, 0.25) is 0 Å². The number of unbranched alkanes of at least 4 members (excludes halogenated alkanes) is 5. The molecule has 0 atom stereocenters. The summed E-state index contributed by atoms with van der Waals surface area (Å²) in [4.78, 5) is 15.9. The lowest BCUT2D eigenvalue weighted by Gasteiger charge is -2.06. The van der Waals surface area contributed by atoms with Crippen LogP contribution in [0.15, 0.2) is 17.3 Å². The number of nitrogens with zero attached hydrogens (tertiary/aromatic N) is 2. The molecule has 0 aliphatic heterocycles. The Morgan fingerprint density at radius 2 is 1.95 bits per heavy atom. The Kier molecular flexibility index (Phi) is 9.48. The standard InChI is InChI=1S/C15H28N6O/c1-2-3-4-5-6-7-9-18-15(16)19-12-11-17-14(22)13-8-10-20-21-13/h8,10H,2-7,9,11-12H2,1H3,(H,17,22)(H,20,21)(H3,16,18,19). The van der Waals surface area contributed by atoms with Crippen molar-refractivity contribution in [1.29, 1.82) is 0 Å². The number of nitrogens with one attached hydrogen (secondary N) is 3. The van der Waals surface area contributed by atoms with Gasteiger partial charge in [0, 0.05) is 25.8 Å². The predicted molar refractivity (Wildman–Crippen MR) is 88.8 cm³/mol. The van der Waals surface area contributed by atoms with E-state index in [0.717, 1.165) is 13.0 Å². The Balaban J connectivity index is 1.99. The molecule has 1 aromatic rings. The molecule has 1 aromatic heterocycles. The maximum Gasteiger partial charge on any atom is 0.269 e. The minimum Gasteiger partial charge on any atom is -0.370 e. The Morgan fingerprint density at radius 3 is 2.68 bits per heavy atom. The van der Waals surface area contributed by atoms with Crippen LogP contribution in [-0.4, -0.2) is 41.7 Å². The zero-order valence-corrected chi connectivity index (χ0v) is 13.4. The lowest BCUT2D eigenvalue weighted by Crippen LogP contribution is -2.38. The summed E-state index contributed by atoms with van der Waals surface area (Å²) in [5.41, 5.74) is 6.21. The topological polar surface area (TPSA) is 108 Å². The Hall–Kier alpha value is -2.05. The van der Waals surface area contributed by atoms with Crippen LogP contribution in [0, 0.1) is 0 Å². The Labute approximate surface area is 132 Å². The predicted octanol–water partition coefficient (Wildman–Crippen LogP) is 1.40. The van der Waals surface area contributed by atoms with Gasteiger partial charge in [-0.05, 0) is 12.5 Å². The van der Waals surface area contributed by atoms with E-state index in [-0.39, 0.29) is 5.91 Å². The van der Waals surface area contributed by atoms with Crippen LogP contribution in [0.3, 0.4) is 0 Å². The van der Waals surface area contributed by atoms with E-state index in [1.807, 2.05) is 0 Å². The van der Waals surface area contributed by atoms with Crippen LogP contribution in [0.2, 0.25) is 0 Å². The fourth-order valence-corrected chi connectivity index (χ4v) is 1.99. The van der Waals surface area contributed by atoms with Gasteiger partial charge in [0.15, 0.2) is 5.96 Å². The summed E-state index contributed by atoms with van der Waals surface area (Å²) in [6.45, 7) is 4.00. The van der Waals surface area contributed by atoms with Crippen molar-refractivity contribution in [3.63, 3.8) is 0 Å². The molecule has 0 fully saturated rings. The Morgan fingerprint density at radius 1 is 1.23 bits per heavy atom. The van der Waals surface area contributed by atoms with Crippen molar-refractivity contribution in [3.8, 4) is 0 Å². The minimum atomic E-state index is -0.179. The highest BCUT2D eigenvalue weighted by Crippen LogP contribution is 2.04. The number of nitrogens with two attached hydrogens (primary N) is 1. The summed E-state index contributed by atoms with van der Waals surface area (Å²) < 4.78 is 0. The molecular weight excluding hydrogens is 280 g/mol. The quantitative estimate of drug-likeness (QED) is 0.281. The zero-order valence-electron chi connectivity index (χ0n) is 13.4. The highest BCUT2D eigenvalue weighted by molar-refractivity contribution is 5.92. The van der Waals surface area contributed by atoms with Crippen LogP contribution >= 0.6 is 0 Å². The van der Waals surface area contributed by atoms with Crippen LogP contribution in [0.5, 0.6) is 0 Å². The second-order valence-electron chi connectivity index (χ2n) is 5.19. The molecule has 0 saturated carbocycles. The lowest BCUT2D eigenvalue weighted by molar-refractivity contribution is 0.0949.